The number of benzene rings is 1. The van der Waals surface area contributed by atoms with Crippen molar-refractivity contribution in [3.63, 3.8) is 0 Å². The van der Waals surface area contributed by atoms with Gasteiger partial charge < -0.3 is 5.32 Å². The first-order chi connectivity index (χ1) is 9.22. The minimum atomic E-state index is 0.551. The minimum absolute atomic E-state index is 0.551. The molecule has 1 aromatic carbocycles. The molecule has 1 rings (SSSR count). The van der Waals surface area contributed by atoms with Crippen molar-refractivity contribution in [3.8, 4) is 0 Å². The maximum atomic E-state index is 3.47. The number of rotatable bonds is 10. The quantitative estimate of drug-likeness (QED) is 0.464. The van der Waals surface area contributed by atoms with Crippen LogP contribution in [-0.4, -0.2) is 11.8 Å². The van der Waals surface area contributed by atoms with E-state index >= 15 is 0 Å². The zero-order valence-electron chi connectivity index (χ0n) is 12.7. The molecule has 108 valence electrons. The summed E-state index contributed by atoms with van der Waals surface area (Å²) in [6.45, 7) is 7.62. The van der Waals surface area contributed by atoms with Gasteiger partial charge in [0.25, 0.3) is 0 Å². The van der Waals surface area contributed by atoms with E-state index in [1.165, 1.54) is 48.3 Å². The van der Waals surface area contributed by atoms with Crippen molar-refractivity contribution in [3.05, 3.63) is 29.8 Å². The Morgan fingerprint density at radius 1 is 1.11 bits per heavy atom. The van der Waals surface area contributed by atoms with Gasteiger partial charge >= 0.3 is 0 Å². The summed E-state index contributed by atoms with van der Waals surface area (Å²) in [4.78, 5) is 1.42. The van der Waals surface area contributed by atoms with E-state index in [9.17, 15) is 0 Å². The lowest BCUT2D eigenvalue weighted by Crippen LogP contribution is -2.21. The van der Waals surface area contributed by atoms with Gasteiger partial charge in [-0.1, -0.05) is 58.6 Å². The number of unbranched alkanes of at least 4 members (excludes halogenated alkanes) is 4. The van der Waals surface area contributed by atoms with Crippen LogP contribution in [-0.2, 0) is 6.54 Å². The molecule has 0 aliphatic rings. The van der Waals surface area contributed by atoms with E-state index in [0.717, 1.165) is 6.54 Å². The van der Waals surface area contributed by atoms with Crippen molar-refractivity contribution in [2.24, 2.45) is 0 Å². The van der Waals surface area contributed by atoms with E-state index in [1.54, 1.807) is 0 Å². The zero-order valence-corrected chi connectivity index (χ0v) is 13.6. The van der Waals surface area contributed by atoms with Gasteiger partial charge in [-0.2, -0.15) is 0 Å². The van der Waals surface area contributed by atoms with Gasteiger partial charge in [0.2, 0.25) is 0 Å². The average Bonchev–Trinajstić information content (AvgIpc) is 2.41. The lowest BCUT2D eigenvalue weighted by Gasteiger charge is -2.09. The third kappa shape index (κ3) is 8.33. The summed E-state index contributed by atoms with van der Waals surface area (Å²) in [5, 5.41) is 3.47. The summed E-state index contributed by atoms with van der Waals surface area (Å²) in [7, 11) is 0. The molecule has 0 fully saturated rings. The number of hydrogen-bond acceptors (Lipinski definition) is 2. The molecule has 0 atom stereocenters. The Morgan fingerprint density at radius 3 is 2.63 bits per heavy atom. The summed E-state index contributed by atoms with van der Waals surface area (Å²) in [6, 6.07) is 9.49. The summed E-state index contributed by atoms with van der Waals surface area (Å²) < 4.78 is 0. The average molecular weight is 279 g/mol. The van der Waals surface area contributed by atoms with Gasteiger partial charge in [-0.05, 0) is 29.9 Å². The van der Waals surface area contributed by atoms with Crippen molar-refractivity contribution < 1.29 is 0 Å². The molecule has 0 aliphatic heterocycles. The predicted molar refractivity (Wildman–Crippen MR) is 87.9 cm³/mol. The number of hydrogen-bond donors (Lipinski definition) is 1. The number of nitrogens with one attached hydrogen (secondary N) is 1. The van der Waals surface area contributed by atoms with Crippen molar-refractivity contribution in [1.29, 1.82) is 0 Å². The van der Waals surface area contributed by atoms with Crippen LogP contribution in [0.2, 0.25) is 0 Å². The van der Waals surface area contributed by atoms with Crippen LogP contribution in [0.1, 0.15) is 58.4 Å². The van der Waals surface area contributed by atoms with E-state index in [-0.39, 0.29) is 0 Å². The van der Waals surface area contributed by atoms with Crippen LogP contribution >= 0.6 is 11.8 Å². The van der Waals surface area contributed by atoms with Crippen molar-refractivity contribution in [2.75, 3.05) is 5.75 Å². The molecule has 0 spiro atoms. The van der Waals surface area contributed by atoms with Crippen LogP contribution in [0.5, 0.6) is 0 Å². The van der Waals surface area contributed by atoms with Gasteiger partial charge in [0.05, 0.1) is 0 Å². The maximum Gasteiger partial charge on any atom is 0.0208 e. The standard InChI is InChI=1S/C17H29NS/c1-4-5-6-7-8-12-19-17-11-9-10-16(13-17)14-18-15(2)3/h9-11,13,15,18H,4-8,12,14H2,1-3H3. The molecule has 0 saturated carbocycles. The Labute approximate surface area is 123 Å². The molecule has 0 heterocycles. The van der Waals surface area contributed by atoms with Gasteiger partial charge in [-0.15, -0.1) is 11.8 Å². The molecule has 2 heteroatoms. The fraction of sp³-hybridized carbons (Fsp3) is 0.647. The maximum absolute atomic E-state index is 3.47. The third-order valence-electron chi connectivity index (χ3n) is 3.13. The first-order valence-electron chi connectivity index (χ1n) is 7.67. The van der Waals surface area contributed by atoms with Gasteiger partial charge in [-0.3, -0.25) is 0 Å². The van der Waals surface area contributed by atoms with Crippen molar-refractivity contribution in [2.45, 2.75) is 70.4 Å². The summed E-state index contributed by atoms with van der Waals surface area (Å²) >= 11 is 2.00. The summed E-state index contributed by atoms with van der Waals surface area (Å²) in [5.74, 6) is 1.25. The van der Waals surface area contributed by atoms with Crippen molar-refractivity contribution >= 4 is 11.8 Å². The van der Waals surface area contributed by atoms with Gasteiger partial charge in [0, 0.05) is 17.5 Å². The normalized spacial score (nSPS) is 11.2. The Kier molecular flexibility index (Phi) is 9.02. The molecule has 0 aliphatic carbocycles. The fourth-order valence-corrected chi connectivity index (χ4v) is 2.96. The molecule has 0 saturated heterocycles. The molecule has 1 aromatic rings. The second kappa shape index (κ2) is 10.3. The van der Waals surface area contributed by atoms with Gasteiger partial charge in [-0.25, -0.2) is 0 Å². The van der Waals surface area contributed by atoms with E-state index in [1.807, 2.05) is 11.8 Å². The molecule has 0 radical (unpaired) electrons. The highest BCUT2D eigenvalue weighted by atomic mass is 32.2. The lowest BCUT2D eigenvalue weighted by molar-refractivity contribution is 0.588. The Bertz CT molecular complexity index is 336. The monoisotopic (exact) mass is 279 g/mol. The molecular formula is C17H29NS. The van der Waals surface area contributed by atoms with Crippen LogP contribution in [0.25, 0.3) is 0 Å². The molecule has 1 nitrogen and oxygen atoms in total. The molecule has 0 amide bonds. The van der Waals surface area contributed by atoms with Gasteiger partial charge in [0.15, 0.2) is 0 Å². The highest BCUT2D eigenvalue weighted by Crippen LogP contribution is 2.21. The minimum Gasteiger partial charge on any atom is -0.310 e. The highest BCUT2D eigenvalue weighted by Gasteiger charge is 1.98. The first-order valence-corrected chi connectivity index (χ1v) is 8.66. The molecule has 0 aromatic heterocycles. The van der Waals surface area contributed by atoms with Crippen LogP contribution in [0.15, 0.2) is 29.2 Å². The molecule has 0 bridgehead atoms. The van der Waals surface area contributed by atoms with Crippen LogP contribution in [0.4, 0.5) is 0 Å². The highest BCUT2D eigenvalue weighted by molar-refractivity contribution is 7.99. The van der Waals surface area contributed by atoms with Crippen LogP contribution in [0, 0.1) is 0 Å². The van der Waals surface area contributed by atoms with E-state index in [2.05, 4.69) is 50.4 Å². The van der Waals surface area contributed by atoms with E-state index in [0.29, 0.717) is 6.04 Å². The zero-order chi connectivity index (χ0) is 13.9. The molecular weight excluding hydrogens is 250 g/mol. The lowest BCUT2D eigenvalue weighted by atomic mass is 10.2. The Balaban J connectivity index is 2.24. The predicted octanol–water partition coefficient (Wildman–Crippen LogP) is 5.25. The van der Waals surface area contributed by atoms with Crippen LogP contribution < -0.4 is 5.32 Å². The Morgan fingerprint density at radius 2 is 1.89 bits per heavy atom. The number of thioether (sulfide) groups is 1. The molecule has 1 N–H and O–H groups in total. The van der Waals surface area contributed by atoms with Crippen LogP contribution in [0.3, 0.4) is 0 Å². The SMILES string of the molecule is CCCCCCCSc1cccc(CNC(C)C)c1. The molecule has 19 heavy (non-hydrogen) atoms. The Hall–Kier alpha value is -0.470. The van der Waals surface area contributed by atoms with Crippen molar-refractivity contribution in [1.82, 2.24) is 5.32 Å². The second-order valence-corrected chi connectivity index (χ2v) is 6.61. The van der Waals surface area contributed by atoms with Gasteiger partial charge in [0.1, 0.15) is 0 Å². The summed E-state index contributed by atoms with van der Waals surface area (Å²) in [6.07, 6.45) is 6.85. The van der Waals surface area contributed by atoms with E-state index in [4.69, 9.17) is 0 Å². The smallest absolute Gasteiger partial charge is 0.0208 e. The third-order valence-corrected chi connectivity index (χ3v) is 4.21. The second-order valence-electron chi connectivity index (χ2n) is 5.45. The molecule has 0 unspecified atom stereocenters. The first kappa shape index (κ1) is 16.6. The largest absolute Gasteiger partial charge is 0.310 e. The topological polar surface area (TPSA) is 12.0 Å². The fourth-order valence-electron chi connectivity index (χ4n) is 1.96. The van der Waals surface area contributed by atoms with E-state index < -0.39 is 0 Å². The summed E-state index contributed by atoms with van der Waals surface area (Å²) in [5.41, 5.74) is 1.39.